The lowest BCUT2D eigenvalue weighted by Crippen LogP contribution is -2.33. The second kappa shape index (κ2) is 8.39. The van der Waals surface area contributed by atoms with Gasteiger partial charge in [-0.25, -0.2) is 4.39 Å². The van der Waals surface area contributed by atoms with E-state index in [9.17, 15) is 9.18 Å². The van der Waals surface area contributed by atoms with Crippen molar-refractivity contribution < 1.29 is 13.6 Å². The molecule has 142 valence electrons. The summed E-state index contributed by atoms with van der Waals surface area (Å²) in [4.78, 5) is 12.6. The number of halogens is 1. The lowest BCUT2D eigenvalue weighted by atomic mass is 10.1. The fourth-order valence-electron chi connectivity index (χ4n) is 2.63. The average molecular weight is 388 g/mol. The van der Waals surface area contributed by atoms with E-state index in [1.807, 2.05) is 31.4 Å². The van der Waals surface area contributed by atoms with Gasteiger partial charge in [-0.05, 0) is 50.6 Å². The third-order valence-electron chi connectivity index (χ3n) is 4.15. The van der Waals surface area contributed by atoms with Crippen molar-refractivity contribution in [1.82, 2.24) is 20.1 Å². The van der Waals surface area contributed by atoms with Crippen LogP contribution in [0.1, 0.15) is 32.4 Å². The van der Waals surface area contributed by atoms with Crippen LogP contribution in [0.4, 0.5) is 4.39 Å². The monoisotopic (exact) mass is 388 g/mol. The number of furan rings is 1. The normalized spacial score (nSPS) is 13.3. The summed E-state index contributed by atoms with van der Waals surface area (Å²) in [6.45, 7) is 6.33. The number of benzene rings is 1. The molecule has 0 aliphatic carbocycles. The molecule has 1 amide bonds. The fraction of sp³-hybridized carbons (Fsp3) is 0.316. The maximum atomic E-state index is 13.0. The van der Waals surface area contributed by atoms with E-state index in [1.54, 1.807) is 24.5 Å². The first-order valence-electron chi connectivity index (χ1n) is 8.69. The van der Waals surface area contributed by atoms with Crippen LogP contribution in [-0.4, -0.2) is 25.9 Å². The Hall–Kier alpha value is -2.61. The van der Waals surface area contributed by atoms with Crippen molar-refractivity contribution >= 4 is 17.7 Å². The molecule has 1 aromatic carbocycles. The van der Waals surface area contributed by atoms with Gasteiger partial charge in [0.15, 0.2) is 16.7 Å². The Labute approximate surface area is 161 Å². The summed E-state index contributed by atoms with van der Waals surface area (Å²) in [6.07, 6.45) is 1.59. The van der Waals surface area contributed by atoms with E-state index in [-0.39, 0.29) is 23.0 Å². The van der Waals surface area contributed by atoms with Gasteiger partial charge in [0.1, 0.15) is 5.82 Å². The molecule has 1 N–H and O–H groups in total. The summed E-state index contributed by atoms with van der Waals surface area (Å²) in [7, 11) is 0. The Kier molecular flexibility index (Phi) is 5.95. The zero-order valence-electron chi connectivity index (χ0n) is 15.3. The molecule has 0 bridgehead atoms. The van der Waals surface area contributed by atoms with E-state index in [0.29, 0.717) is 23.3 Å². The Bertz CT molecular complexity index is 893. The van der Waals surface area contributed by atoms with Crippen LogP contribution in [-0.2, 0) is 11.3 Å². The van der Waals surface area contributed by atoms with E-state index in [1.165, 1.54) is 23.9 Å². The number of nitrogens with zero attached hydrogens (tertiary/aromatic N) is 3. The summed E-state index contributed by atoms with van der Waals surface area (Å²) in [5, 5.41) is 11.6. The number of hydrogen-bond donors (Lipinski definition) is 1. The highest BCUT2D eigenvalue weighted by Crippen LogP contribution is 2.27. The number of hydrogen-bond acceptors (Lipinski definition) is 5. The Morgan fingerprint density at radius 2 is 2.00 bits per heavy atom. The number of amides is 1. The molecule has 2 aromatic heterocycles. The molecule has 0 unspecified atom stereocenters. The lowest BCUT2D eigenvalue weighted by Gasteiger charge is -2.17. The predicted octanol–water partition coefficient (Wildman–Crippen LogP) is 4.06. The maximum absolute atomic E-state index is 13.0. The van der Waals surface area contributed by atoms with Crippen LogP contribution in [0.2, 0.25) is 0 Å². The molecular formula is C19H21FN4O2S. The summed E-state index contributed by atoms with van der Waals surface area (Å²) in [6, 6.07) is 9.51. The topological polar surface area (TPSA) is 73.0 Å². The van der Waals surface area contributed by atoms with E-state index < -0.39 is 0 Å². The van der Waals surface area contributed by atoms with Crippen LogP contribution in [0, 0.1) is 5.82 Å². The van der Waals surface area contributed by atoms with E-state index in [4.69, 9.17) is 4.42 Å². The first kappa shape index (κ1) is 19.2. The van der Waals surface area contributed by atoms with Crippen molar-refractivity contribution in [3.8, 4) is 11.6 Å². The van der Waals surface area contributed by atoms with Gasteiger partial charge in [-0.2, -0.15) is 0 Å². The van der Waals surface area contributed by atoms with Gasteiger partial charge >= 0.3 is 0 Å². The van der Waals surface area contributed by atoms with Crippen molar-refractivity contribution in [3.05, 3.63) is 54.0 Å². The van der Waals surface area contributed by atoms with Gasteiger partial charge in [0, 0.05) is 6.54 Å². The summed E-state index contributed by atoms with van der Waals surface area (Å²) >= 11 is 1.34. The zero-order valence-corrected chi connectivity index (χ0v) is 16.2. The van der Waals surface area contributed by atoms with Crippen molar-refractivity contribution in [1.29, 1.82) is 0 Å². The molecule has 0 fully saturated rings. The standard InChI is InChI=1S/C19H21FN4O2S/c1-4-24-17(16-6-5-11-26-16)22-23-19(24)27-13(3)18(25)21-12(2)14-7-9-15(20)10-8-14/h5-13H,4H2,1-3H3,(H,21,25)/t12-,13+/m0/s1. The quantitative estimate of drug-likeness (QED) is 0.618. The SMILES string of the molecule is CCn1c(S[C@H](C)C(=O)N[C@@H](C)c2ccc(F)cc2)nnc1-c1ccco1. The number of nitrogens with one attached hydrogen (secondary N) is 1. The third-order valence-corrected chi connectivity index (χ3v) is 5.24. The third kappa shape index (κ3) is 4.39. The minimum Gasteiger partial charge on any atom is -0.461 e. The number of aromatic nitrogens is 3. The molecular weight excluding hydrogens is 367 g/mol. The molecule has 27 heavy (non-hydrogen) atoms. The Morgan fingerprint density at radius 1 is 1.26 bits per heavy atom. The van der Waals surface area contributed by atoms with Crippen LogP contribution >= 0.6 is 11.8 Å². The molecule has 3 aromatic rings. The smallest absolute Gasteiger partial charge is 0.233 e. The van der Waals surface area contributed by atoms with Gasteiger partial charge in [-0.3, -0.25) is 9.36 Å². The van der Waals surface area contributed by atoms with Crippen LogP contribution in [0.25, 0.3) is 11.6 Å². The minimum absolute atomic E-state index is 0.123. The first-order chi connectivity index (χ1) is 13.0. The van der Waals surface area contributed by atoms with Gasteiger partial charge < -0.3 is 9.73 Å². The molecule has 2 heterocycles. The molecule has 0 spiro atoms. The number of carbonyl (C=O) groups excluding carboxylic acids is 1. The highest BCUT2D eigenvalue weighted by molar-refractivity contribution is 8.00. The lowest BCUT2D eigenvalue weighted by molar-refractivity contribution is -0.120. The molecule has 6 nitrogen and oxygen atoms in total. The summed E-state index contributed by atoms with van der Waals surface area (Å²) in [5.74, 6) is 0.852. The molecule has 8 heteroatoms. The fourth-order valence-corrected chi connectivity index (χ4v) is 3.55. The Balaban J connectivity index is 1.67. The molecule has 2 atom stereocenters. The van der Waals surface area contributed by atoms with Crippen molar-refractivity contribution in [2.45, 2.75) is 43.8 Å². The first-order valence-corrected chi connectivity index (χ1v) is 9.57. The van der Waals surface area contributed by atoms with Gasteiger partial charge in [0.2, 0.25) is 5.91 Å². The molecule has 0 aliphatic rings. The zero-order chi connectivity index (χ0) is 19.4. The van der Waals surface area contributed by atoms with Gasteiger partial charge in [-0.1, -0.05) is 23.9 Å². The van der Waals surface area contributed by atoms with E-state index >= 15 is 0 Å². The van der Waals surface area contributed by atoms with Crippen molar-refractivity contribution in [2.24, 2.45) is 0 Å². The molecule has 3 rings (SSSR count). The van der Waals surface area contributed by atoms with Gasteiger partial charge in [0.25, 0.3) is 0 Å². The molecule has 0 aliphatic heterocycles. The average Bonchev–Trinajstić information content (AvgIpc) is 3.31. The summed E-state index contributed by atoms with van der Waals surface area (Å²) in [5.41, 5.74) is 0.846. The van der Waals surface area contributed by atoms with Crippen LogP contribution in [0.15, 0.2) is 52.2 Å². The van der Waals surface area contributed by atoms with E-state index in [2.05, 4.69) is 15.5 Å². The van der Waals surface area contributed by atoms with Gasteiger partial charge in [-0.15, -0.1) is 10.2 Å². The Morgan fingerprint density at radius 3 is 2.63 bits per heavy atom. The highest BCUT2D eigenvalue weighted by Gasteiger charge is 2.22. The van der Waals surface area contributed by atoms with E-state index in [0.717, 1.165) is 5.56 Å². The molecule has 0 saturated carbocycles. The maximum Gasteiger partial charge on any atom is 0.233 e. The second-order valence-electron chi connectivity index (χ2n) is 6.07. The largest absolute Gasteiger partial charge is 0.461 e. The van der Waals surface area contributed by atoms with Crippen LogP contribution in [0.3, 0.4) is 0 Å². The minimum atomic E-state index is -0.369. The predicted molar refractivity (Wildman–Crippen MR) is 102 cm³/mol. The number of rotatable bonds is 7. The van der Waals surface area contributed by atoms with Crippen LogP contribution in [0.5, 0.6) is 0 Å². The summed E-state index contributed by atoms with van der Waals surface area (Å²) < 4.78 is 20.4. The van der Waals surface area contributed by atoms with Crippen LogP contribution < -0.4 is 5.32 Å². The van der Waals surface area contributed by atoms with Gasteiger partial charge in [0.05, 0.1) is 17.6 Å². The second-order valence-corrected chi connectivity index (χ2v) is 7.38. The highest BCUT2D eigenvalue weighted by atomic mass is 32.2. The molecule has 0 radical (unpaired) electrons. The molecule has 0 saturated heterocycles. The number of thioether (sulfide) groups is 1. The van der Waals surface area contributed by atoms with Crippen molar-refractivity contribution in [2.75, 3.05) is 0 Å². The van der Waals surface area contributed by atoms with Crippen molar-refractivity contribution in [3.63, 3.8) is 0 Å². The number of carbonyl (C=O) groups is 1.